The fourth-order valence-corrected chi connectivity index (χ4v) is 1.70. The van der Waals surface area contributed by atoms with E-state index < -0.39 is 0 Å². The van der Waals surface area contributed by atoms with Crippen molar-refractivity contribution in [1.29, 1.82) is 0 Å². The number of halogens is 1. The van der Waals surface area contributed by atoms with E-state index in [0.29, 0.717) is 10.7 Å². The average molecular weight is 262 g/mol. The maximum absolute atomic E-state index is 11.8. The second-order valence-corrected chi connectivity index (χ2v) is 4.34. The van der Waals surface area contributed by atoms with Crippen LogP contribution >= 0.6 is 11.6 Å². The number of hydrogen-bond acceptors (Lipinski definition) is 2. The highest BCUT2D eigenvalue weighted by Gasteiger charge is 2.04. The van der Waals surface area contributed by atoms with Crippen LogP contribution in [0, 0.1) is 0 Å². The van der Waals surface area contributed by atoms with E-state index in [0.717, 1.165) is 5.56 Å². The van der Waals surface area contributed by atoms with Gasteiger partial charge in [-0.1, -0.05) is 29.8 Å². The van der Waals surface area contributed by atoms with Crippen molar-refractivity contribution in [2.24, 2.45) is 0 Å². The zero-order chi connectivity index (χ0) is 13.0. The molecule has 0 atom stereocenters. The SMILES string of the molecule is O=C(Cc1ccc(Cl)cc1)Nc1cccc(O)c1. The summed E-state index contributed by atoms with van der Waals surface area (Å²) in [5.74, 6) is -0.0118. The molecule has 0 fully saturated rings. The minimum Gasteiger partial charge on any atom is -0.508 e. The van der Waals surface area contributed by atoms with Gasteiger partial charge in [0.1, 0.15) is 5.75 Å². The van der Waals surface area contributed by atoms with E-state index in [1.807, 2.05) is 12.1 Å². The molecule has 4 heteroatoms. The molecule has 18 heavy (non-hydrogen) atoms. The normalized spacial score (nSPS) is 10.1. The fourth-order valence-electron chi connectivity index (χ4n) is 1.58. The quantitative estimate of drug-likeness (QED) is 0.891. The standard InChI is InChI=1S/C14H12ClNO2/c15-11-6-4-10(5-7-11)8-14(18)16-12-2-1-3-13(17)9-12/h1-7,9,17H,8H2,(H,16,18). The van der Waals surface area contributed by atoms with E-state index >= 15 is 0 Å². The van der Waals surface area contributed by atoms with Gasteiger partial charge in [0.15, 0.2) is 0 Å². The summed E-state index contributed by atoms with van der Waals surface area (Å²) in [5.41, 5.74) is 1.46. The molecule has 1 amide bonds. The van der Waals surface area contributed by atoms with E-state index in [-0.39, 0.29) is 18.1 Å². The van der Waals surface area contributed by atoms with Gasteiger partial charge in [-0.25, -0.2) is 0 Å². The van der Waals surface area contributed by atoms with Crippen LogP contribution < -0.4 is 5.32 Å². The van der Waals surface area contributed by atoms with Crippen LogP contribution in [0.1, 0.15) is 5.56 Å². The van der Waals surface area contributed by atoms with Crippen LogP contribution in [-0.4, -0.2) is 11.0 Å². The molecular formula is C14H12ClNO2. The van der Waals surface area contributed by atoms with Crippen LogP contribution in [0.2, 0.25) is 5.02 Å². The van der Waals surface area contributed by atoms with Crippen molar-refractivity contribution in [3.8, 4) is 5.75 Å². The van der Waals surface area contributed by atoms with Crippen LogP contribution in [0.25, 0.3) is 0 Å². The maximum atomic E-state index is 11.8. The summed E-state index contributed by atoms with van der Waals surface area (Å²) in [4.78, 5) is 11.8. The first kappa shape index (κ1) is 12.5. The molecule has 2 aromatic carbocycles. The van der Waals surface area contributed by atoms with E-state index in [1.165, 1.54) is 6.07 Å². The van der Waals surface area contributed by atoms with E-state index in [4.69, 9.17) is 11.6 Å². The van der Waals surface area contributed by atoms with Gasteiger partial charge >= 0.3 is 0 Å². The van der Waals surface area contributed by atoms with Gasteiger partial charge in [0.25, 0.3) is 0 Å². The van der Waals surface area contributed by atoms with Crippen molar-refractivity contribution in [3.63, 3.8) is 0 Å². The Morgan fingerprint density at radius 2 is 1.89 bits per heavy atom. The van der Waals surface area contributed by atoms with Gasteiger partial charge in [-0.15, -0.1) is 0 Å². The van der Waals surface area contributed by atoms with Crippen molar-refractivity contribution < 1.29 is 9.90 Å². The summed E-state index contributed by atoms with van der Waals surface area (Å²) in [6.07, 6.45) is 0.271. The zero-order valence-corrected chi connectivity index (χ0v) is 10.3. The lowest BCUT2D eigenvalue weighted by Gasteiger charge is -2.05. The largest absolute Gasteiger partial charge is 0.508 e. The highest BCUT2D eigenvalue weighted by atomic mass is 35.5. The summed E-state index contributed by atoms with van der Waals surface area (Å²) in [5, 5.41) is 12.6. The number of phenols is 1. The number of aromatic hydroxyl groups is 1. The first-order valence-corrected chi connectivity index (χ1v) is 5.84. The van der Waals surface area contributed by atoms with Crippen molar-refractivity contribution in [2.75, 3.05) is 5.32 Å². The molecule has 2 aromatic rings. The highest BCUT2D eigenvalue weighted by Crippen LogP contribution is 2.16. The first-order valence-electron chi connectivity index (χ1n) is 5.47. The molecule has 0 aromatic heterocycles. The summed E-state index contributed by atoms with van der Waals surface area (Å²) in [7, 11) is 0. The molecule has 2 N–H and O–H groups in total. The molecule has 2 rings (SSSR count). The molecule has 0 aliphatic heterocycles. The average Bonchev–Trinajstić information content (AvgIpc) is 2.32. The molecule has 92 valence electrons. The Morgan fingerprint density at radius 3 is 2.56 bits per heavy atom. The Bertz CT molecular complexity index is 552. The number of carbonyl (C=O) groups excluding carboxylic acids is 1. The first-order chi connectivity index (χ1) is 8.63. The molecule has 3 nitrogen and oxygen atoms in total. The molecule has 0 unspecified atom stereocenters. The number of carbonyl (C=O) groups is 1. The molecule has 0 aliphatic rings. The van der Waals surface area contributed by atoms with Crippen LogP contribution in [0.5, 0.6) is 5.75 Å². The van der Waals surface area contributed by atoms with Crippen LogP contribution in [-0.2, 0) is 11.2 Å². The summed E-state index contributed by atoms with van der Waals surface area (Å²) in [6.45, 7) is 0. The van der Waals surface area contributed by atoms with Gasteiger partial charge in [0.2, 0.25) is 5.91 Å². The van der Waals surface area contributed by atoms with E-state index in [1.54, 1.807) is 30.3 Å². The van der Waals surface area contributed by atoms with Gasteiger partial charge in [0.05, 0.1) is 6.42 Å². The lowest BCUT2D eigenvalue weighted by atomic mass is 10.1. The molecule has 0 saturated carbocycles. The van der Waals surface area contributed by atoms with Crippen molar-refractivity contribution in [2.45, 2.75) is 6.42 Å². The minimum absolute atomic E-state index is 0.124. The van der Waals surface area contributed by atoms with Gasteiger partial charge in [0, 0.05) is 16.8 Å². The summed E-state index contributed by atoms with van der Waals surface area (Å²) in [6, 6.07) is 13.6. The predicted octanol–water partition coefficient (Wildman–Crippen LogP) is 3.23. The maximum Gasteiger partial charge on any atom is 0.228 e. The Balaban J connectivity index is 1.98. The number of phenolic OH excluding ortho intramolecular Hbond substituents is 1. The number of anilines is 1. The Morgan fingerprint density at radius 1 is 1.17 bits per heavy atom. The van der Waals surface area contributed by atoms with Crippen LogP contribution in [0.3, 0.4) is 0 Å². The van der Waals surface area contributed by atoms with Gasteiger partial charge in [-0.3, -0.25) is 4.79 Å². The topological polar surface area (TPSA) is 49.3 Å². The number of benzene rings is 2. The predicted molar refractivity (Wildman–Crippen MR) is 71.9 cm³/mol. The molecule has 0 aliphatic carbocycles. The van der Waals surface area contributed by atoms with E-state index in [9.17, 15) is 9.90 Å². The second kappa shape index (κ2) is 5.56. The minimum atomic E-state index is -0.136. The molecule has 0 saturated heterocycles. The third kappa shape index (κ3) is 3.50. The Hall–Kier alpha value is -2.00. The molecule has 0 spiro atoms. The second-order valence-electron chi connectivity index (χ2n) is 3.90. The summed E-state index contributed by atoms with van der Waals surface area (Å²) < 4.78 is 0. The van der Waals surface area contributed by atoms with E-state index in [2.05, 4.69) is 5.32 Å². The monoisotopic (exact) mass is 261 g/mol. The van der Waals surface area contributed by atoms with Gasteiger partial charge < -0.3 is 10.4 Å². The highest BCUT2D eigenvalue weighted by molar-refractivity contribution is 6.30. The molecule has 0 radical (unpaired) electrons. The van der Waals surface area contributed by atoms with Crippen molar-refractivity contribution in [3.05, 3.63) is 59.1 Å². The molecule has 0 heterocycles. The Labute approximate surface area is 110 Å². The van der Waals surface area contributed by atoms with Gasteiger partial charge in [-0.05, 0) is 29.8 Å². The smallest absolute Gasteiger partial charge is 0.228 e. The van der Waals surface area contributed by atoms with Crippen molar-refractivity contribution >= 4 is 23.2 Å². The lowest BCUT2D eigenvalue weighted by molar-refractivity contribution is -0.115. The number of hydrogen-bond donors (Lipinski definition) is 2. The third-order valence-corrected chi connectivity index (χ3v) is 2.66. The zero-order valence-electron chi connectivity index (χ0n) is 9.56. The van der Waals surface area contributed by atoms with Crippen molar-refractivity contribution in [1.82, 2.24) is 0 Å². The van der Waals surface area contributed by atoms with Crippen LogP contribution in [0.15, 0.2) is 48.5 Å². The van der Waals surface area contributed by atoms with Crippen LogP contribution in [0.4, 0.5) is 5.69 Å². The molecular weight excluding hydrogens is 250 g/mol. The van der Waals surface area contributed by atoms with Gasteiger partial charge in [-0.2, -0.15) is 0 Å². The number of amides is 1. The molecule has 0 bridgehead atoms. The summed E-state index contributed by atoms with van der Waals surface area (Å²) >= 11 is 5.77. The fraction of sp³-hybridized carbons (Fsp3) is 0.0714. The Kier molecular flexibility index (Phi) is 3.85. The third-order valence-electron chi connectivity index (χ3n) is 2.41. The lowest BCUT2D eigenvalue weighted by Crippen LogP contribution is -2.14. The number of nitrogens with one attached hydrogen (secondary N) is 1. The number of rotatable bonds is 3.